The summed E-state index contributed by atoms with van der Waals surface area (Å²) >= 11 is 3.30. The summed E-state index contributed by atoms with van der Waals surface area (Å²) < 4.78 is 0.712. The Morgan fingerprint density at radius 1 is 1.29 bits per heavy atom. The zero-order chi connectivity index (χ0) is 12.3. The fourth-order valence-corrected chi connectivity index (χ4v) is 1.79. The fraction of sp³-hybridized carbons (Fsp3) is 0.0833. The summed E-state index contributed by atoms with van der Waals surface area (Å²) in [4.78, 5) is 9.99. The van der Waals surface area contributed by atoms with Gasteiger partial charge in [-0.05, 0) is 28.1 Å². The number of aromatic nitrogens is 2. The highest BCUT2D eigenvalue weighted by atomic mass is 79.9. The topological polar surface area (TPSA) is 52.8 Å². The van der Waals surface area contributed by atoms with Crippen LogP contribution in [0.3, 0.4) is 0 Å². The third-order valence-corrected chi connectivity index (χ3v) is 2.78. The van der Waals surface area contributed by atoms with Gasteiger partial charge >= 0.3 is 0 Å². The van der Waals surface area contributed by atoms with E-state index >= 15 is 0 Å². The molecule has 0 spiro atoms. The van der Waals surface area contributed by atoms with E-state index in [1.54, 1.807) is 12.1 Å². The summed E-state index contributed by atoms with van der Waals surface area (Å²) in [7, 11) is 1.87. The number of para-hydroxylation sites is 1. The zero-order valence-electron chi connectivity index (χ0n) is 9.13. The monoisotopic (exact) mass is 288 g/mol. The molecule has 1 heterocycles. The fourth-order valence-electron chi connectivity index (χ4n) is 1.49. The molecular formula is C12H9BrN4. The standard InChI is InChI=1S/C12H9BrN4/c1-17(12-6-11(13)15-8-16-12)10-5-3-2-4-9(10)7-14/h2-6,8H,1H3. The van der Waals surface area contributed by atoms with Crippen molar-refractivity contribution in [2.75, 3.05) is 11.9 Å². The predicted octanol–water partition coefficient (Wildman–Crippen LogP) is 2.88. The molecule has 0 aliphatic heterocycles. The molecule has 0 radical (unpaired) electrons. The average molecular weight is 289 g/mol. The first kappa shape index (κ1) is 11.6. The Bertz CT molecular complexity index is 577. The largest absolute Gasteiger partial charge is 0.328 e. The molecule has 2 aromatic rings. The van der Waals surface area contributed by atoms with Crippen LogP contribution in [0.1, 0.15) is 5.56 Å². The highest BCUT2D eigenvalue weighted by Crippen LogP contribution is 2.25. The van der Waals surface area contributed by atoms with E-state index < -0.39 is 0 Å². The third kappa shape index (κ3) is 2.43. The van der Waals surface area contributed by atoms with Crippen molar-refractivity contribution in [2.45, 2.75) is 0 Å². The molecule has 0 aliphatic carbocycles. The van der Waals surface area contributed by atoms with Crippen LogP contribution in [0, 0.1) is 11.3 Å². The number of benzene rings is 1. The molecule has 5 heteroatoms. The second-order valence-electron chi connectivity index (χ2n) is 3.39. The third-order valence-electron chi connectivity index (χ3n) is 2.35. The quantitative estimate of drug-likeness (QED) is 0.798. The van der Waals surface area contributed by atoms with Gasteiger partial charge in [-0.3, -0.25) is 0 Å². The van der Waals surface area contributed by atoms with Crippen LogP contribution in [0.4, 0.5) is 11.5 Å². The Balaban J connectivity index is 2.44. The number of halogens is 1. The molecule has 0 saturated heterocycles. The molecule has 1 aromatic carbocycles. The van der Waals surface area contributed by atoms with E-state index in [-0.39, 0.29) is 0 Å². The summed E-state index contributed by atoms with van der Waals surface area (Å²) in [6.07, 6.45) is 1.48. The van der Waals surface area contributed by atoms with Gasteiger partial charge in [-0.15, -0.1) is 0 Å². The molecule has 0 aliphatic rings. The molecule has 0 bridgehead atoms. The SMILES string of the molecule is CN(c1cc(Br)ncn1)c1ccccc1C#N. The lowest BCUT2D eigenvalue weighted by atomic mass is 10.2. The molecule has 1 aromatic heterocycles. The highest BCUT2D eigenvalue weighted by molar-refractivity contribution is 9.10. The van der Waals surface area contributed by atoms with E-state index in [2.05, 4.69) is 32.0 Å². The Labute approximate surface area is 108 Å². The molecule has 0 N–H and O–H groups in total. The number of nitriles is 1. The van der Waals surface area contributed by atoms with Gasteiger partial charge in [0.25, 0.3) is 0 Å². The van der Waals surface area contributed by atoms with Crippen LogP contribution < -0.4 is 4.90 Å². The van der Waals surface area contributed by atoms with E-state index in [9.17, 15) is 0 Å². The van der Waals surface area contributed by atoms with Gasteiger partial charge in [-0.1, -0.05) is 12.1 Å². The van der Waals surface area contributed by atoms with Gasteiger partial charge in [0.2, 0.25) is 0 Å². The normalized spacial score (nSPS) is 9.71. The summed E-state index contributed by atoms with van der Waals surface area (Å²) in [6, 6.07) is 11.4. The lowest BCUT2D eigenvalue weighted by Crippen LogP contribution is -2.12. The number of hydrogen-bond acceptors (Lipinski definition) is 4. The van der Waals surface area contributed by atoms with Crippen LogP contribution in [0.2, 0.25) is 0 Å². The summed E-state index contributed by atoms with van der Waals surface area (Å²) in [5, 5.41) is 9.05. The maximum Gasteiger partial charge on any atom is 0.137 e. The highest BCUT2D eigenvalue weighted by Gasteiger charge is 2.09. The molecule has 17 heavy (non-hydrogen) atoms. The van der Waals surface area contributed by atoms with Crippen LogP contribution in [0.25, 0.3) is 0 Å². The zero-order valence-corrected chi connectivity index (χ0v) is 10.7. The van der Waals surface area contributed by atoms with Gasteiger partial charge in [0.1, 0.15) is 22.8 Å². The van der Waals surface area contributed by atoms with Crippen LogP contribution in [0.15, 0.2) is 41.3 Å². The van der Waals surface area contributed by atoms with E-state index in [4.69, 9.17) is 5.26 Å². The smallest absolute Gasteiger partial charge is 0.137 e. The molecule has 0 saturated carbocycles. The Hall–Kier alpha value is -1.93. The maximum absolute atomic E-state index is 9.05. The van der Waals surface area contributed by atoms with E-state index in [1.165, 1.54) is 6.33 Å². The van der Waals surface area contributed by atoms with Crippen molar-refractivity contribution in [2.24, 2.45) is 0 Å². The lowest BCUT2D eigenvalue weighted by Gasteiger charge is -2.19. The van der Waals surface area contributed by atoms with Crippen LogP contribution in [0.5, 0.6) is 0 Å². The summed E-state index contributed by atoms with van der Waals surface area (Å²) in [5.41, 5.74) is 1.44. The van der Waals surface area contributed by atoms with Crippen molar-refractivity contribution < 1.29 is 0 Å². The van der Waals surface area contributed by atoms with Gasteiger partial charge in [0.15, 0.2) is 0 Å². The molecule has 0 unspecified atom stereocenters. The minimum Gasteiger partial charge on any atom is -0.328 e. The Morgan fingerprint density at radius 2 is 2.06 bits per heavy atom. The lowest BCUT2D eigenvalue weighted by molar-refractivity contribution is 1.06. The maximum atomic E-state index is 9.05. The van der Waals surface area contributed by atoms with Crippen molar-refractivity contribution in [1.82, 2.24) is 9.97 Å². The van der Waals surface area contributed by atoms with Gasteiger partial charge in [0, 0.05) is 13.1 Å². The molecule has 4 nitrogen and oxygen atoms in total. The first-order valence-corrected chi connectivity index (χ1v) is 5.72. The van der Waals surface area contributed by atoms with Crippen molar-refractivity contribution in [3.63, 3.8) is 0 Å². The minimum atomic E-state index is 0.615. The first-order chi connectivity index (χ1) is 8.22. The van der Waals surface area contributed by atoms with Gasteiger partial charge in [-0.25, -0.2) is 9.97 Å². The van der Waals surface area contributed by atoms with Crippen LogP contribution in [-0.4, -0.2) is 17.0 Å². The van der Waals surface area contributed by atoms with Crippen LogP contribution >= 0.6 is 15.9 Å². The number of anilines is 2. The molecule has 84 valence electrons. The van der Waals surface area contributed by atoms with Gasteiger partial charge < -0.3 is 4.90 Å². The van der Waals surface area contributed by atoms with Crippen molar-refractivity contribution in [3.05, 3.63) is 46.8 Å². The second-order valence-corrected chi connectivity index (χ2v) is 4.20. The van der Waals surface area contributed by atoms with E-state index in [1.807, 2.05) is 30.1 Å². The Kier molecular flexibility index (Phi) is 3.35. The first-order valence-electron chi connectivity index (χ1n) is 4.93. The summed E-state index contributed by atoms with van der Waals surface area (Å²) in [6.45, 7) is 0. The number of nitrogens with zero attached hydrogens (tertiary/aromatic N) is 4. The molecule has 0 atom stereocenters. The van der Waals surface area contributed by atoms with Gasteiger partial charge in [0.05, 0.1) is 11.3 Å². The van der Waals surface area contributed by atoms with Crippen molar-refractivity contribution in [1.29, 1.82) is 5.26 Å². The minimum absolute atomic E-state index is 0.615. The van der Waals surface area contributed by atoms with E-state index in [0.717, 1.165) is 11.5 Å². The summed E-state index contributed by atoms with van der Waals surface area (Å²) in [5.74, 6) is 0.731. The van der Waals surface area contributed by atoms with Crippen molar-refractivity contribution >= 4 is 27.4 Å². The van der Waals surface area contributed by atoms with Crippen LogP contribution in [-0.2, 0) is 0 Å². The molecule has 2 rings (SSSR count). The predicted molar refractivity (Wildman–Crippen MR) is 69.0 cm³/mol. The molecule has 0 fully saturated rings. The average Bonchev–Trinajstić information content (AvgIpc) is 2.38. The van der Waals surface area contributed by atoms with Crippen molar-refractivity contribution in [3.8, 4) is 6.07 Å². The Morgan fingerprint density at radius 3 is 2.76 bits per heavy atom. The van der Waals surface area contributed by atoms with E-state index in [0.29, 0.717) is 10.2 Å². The second kappa shape index (κ2) is 4.93. The molecular weight excluding hydrogens is 280 g/mol. The molecule has 0 amide bonds. The number of rotatable bonds is 2. The number of hydrogen-bond donors (Lipinski definition) is 0. The van der Waals surface area contributed by atoms with Gasteiger partial charge in [-0.2, -0.15) is 5.26 Å².